The third-order valence-corrected chi connectivity index (χ3v) is 5.86. The molecule has 4 heteroatoms. The standard InChI is InChI=1S/C24H29NO3/c1-15(2)11-12-28-17-8-9-21-20(14-17)18-5-4-6-19(18)24(25-21)16-7-10-23(27-3)22(26)13-16/h4-5,7-10,13-15,18-19,24-26H,6,11-12H2,1-3H3. The number of ether oxygens (including phenoxy) is 2. The van der Waals surface area contributed by atoms with E-state index >= 15 is 0 Å². The second-order valence-electron chi connectivity index (χ2n) is 8.19. The molecule has 0 aromatic heterocycles. The van der Waals surface area contributed by atoms with E-state index in [1.807, 2.05) is 24.3 Å². The van der Waals surface area contributed by atoms with Gasteiger partial charge in [0.25, 0.3) is 0 Å². The predicted octanol–water partition coefficient (Wildman–Crippen LogP) is 5.65. The van der Waals surface area contributed by atoms with Crippen molar-refractivity contribution in [3.05, 3.63) is 59.7 Å². The van der Waals surface area contributed by atoms with Gasteiger partial charge < -0.3 is 19.9 Å². The Morgan fingerprint density at radius 3 is 2.79 bits per heavy atom. The Morgan fingerprint density at radius 1 is 1.18 bits per heavy atom. The molecule has 2 aliphatic rings. The normalized spacial score (nSPS) is 22.5. The molecular weight excluding hydrogens is 350 g/mol. The second kappa shape index (κ2) is 7.78. The molecule has 0 saturated carbocycles. The minimum atomic E-state index is 0.150. The summed E-state index contributed by atoms with van der Waals surface area (Å²) in [7, 11) is 1.57. The monoisotopic (exact) mass is 379 g/mol. The molecule has 2 aromatic rings. The number of allylic oxidation sites excluding steroid dienone is 2. The van der Waals surface area contributed by atoms with Gasteiger partial charge in [-0.05, 0) is 66.1 Å². The number of anilines is 1. The molecule has 1 aliphatic heterocycles. The van der Waals surface area contributed by atoms with Crippen LogP contribution in [0.5, 0.6) is 17.2 Å². The number of methoxy groups -OCH3 is 1. The molecule has 4 rings (SSSR count). The number of benzene rings is 2. The minimum absolute atomic E-state index is 0.150. The molecule has 3 unspecified atom stereocenters. The molecule has 2 aromatic carbocycles. The fourth-order valence-corrected chi connectivity index (χ4v) is 4.31. The van der Waals surface area contributed by atoms with Crippen LogP contribution in [0.2, 0.25) is 0 Å². The number of rotatable bonds is 6. The predicted molar refractivity (Wildman–Crippen MR) is 112 cm³/mol. The molecule has 4 nitrogen and oxygen atoms in total. The molecule has 28 heavy (non-hydrogen) atoms. The van der Waals surface area contributed by atoms with Gasteiger partial charge in [0.05, 0.1) is 19.8 Å². The van der Waals surface area contributed by atoms with Crippen molar-refractivity contribution < 1.29 is 14.6 Å². The summed E-state index contributed by atoms with van der Waals surface area (Å²) in [6.07, 6.45) is 6.67. The number of nitrogens with one attached hydrogen (secondary N) is 1. The number of phenolic OH excluding ortho intramolecular Hbond substituents is 1. The third-order valence-electron chi connectivity index (χ3n) is 5.86. The highest BCUT2D eigenvalue weighted by atomic mass is 16.5. The number of phenols is 1. The van der Waals surface area contributed by atoms with Gasteiger partial charge in [0.2, 0.25) is 0 Å². The molecule has 0 radical (unpaired) electrons. The summed E-state index contributed by atoms with van der Waals surface area (Å²) in [6, 6.07) is 12.2. The zero-order chi connectivity index (χ0) is 19.7. The van der Waals surface area contributed by atoms with Gasteiger partial charge in [-0.1, -0.05) is 32.1 Å². The third kappa shape index (κ3) is 3.56. The Morgan fingerprint density at radius 2 is 2.04 bits per heavy atom. The van der Waals surface area contributed by atoms with Crippen LogP contribution in [0.25, 0.3) is 0 Å². The van der Waals surface area contributed by atoms with Crippen LogP contribution in [0.1, 0.15) is 49.8 Å². The van der Waals surface area contributed by atoms with Crippen LogP contribution in [-0.2, 0) is 0 Å². The Bertz CT molecular complexity index is 874. The molecule has 0 amide bonds. The van der Waals surface area contributed by atoms with Crippen LogP contribution in [0.15, 0.2) is 48.6 Å². The quantitative estimate of drug-likeness (QED) is 0.637. The average molecular weight is 380 g/mol. The summed E-state index contributed by atoms with van der Waals surface area (Å²) in [4.78, 5) is 0. The number of hydrogen-bond acceptors (Lipinski definition) is 4. The van der Waals surface area contributed by atoms with E-state index in [-0.39, 0.29) is 11.8 Å². The van der Waals surface area contributed by atoms with E-state index in [1.165, 1.54) is 5.56 Å². The van der Waals surface area contributed by atoms with Gasteiger partial charge in [-0.3, -0.25) is 0 Å². The summed E-state index contributed by atoms with van der Waals surface area (Å²) in [5.41, 5.74) is 3.53. The van der Waals surface area contributed by atoms with Crippen LogP contribution in [0, 0.1) is 11.8 Å². The second-order valence-corrected chi connectivity index (χ2v) is 8.19. The molecule has 0 spiro atoms. The van der Waals surface area contributed by atoms with E-state index in [9.17, 15) is 5.11 Å². The van der Waals surface area contributed by atoms with Crippen molar-refractivity contribution in [2.75, 3.05) is 19.0 Å². The van der Waals surface area contributed by atoms with Gasteiger partial charge in [0.15, 0.2) is 11.5 Å². The summed E-state index contributed by atoms with van der Waals surface area (Å²) in [6.45, 7) is 5.18. The van der Waals surface area contributed by atoms with Crippen molar-refractivity contribution >= 4 is 5.69 Å². The Kier molecular flexibility index (Phi) is 5.21. The topological polar surface area (TPSA) is 50.7 Å². The molecule has 2 N–H and O–H groups in total. The van der Waals surface area contributed by atoms with E-state index in [0.717, 1.165) is 36.4 Å². The van der Waals surface area contributed by atoms with Gasteiger partial charge in [0.1, 0.15) is 5.75 Å². The Labute approximate surface area is 167 Å². The first-order valence-corrected chi connectivity index (χ1v) is 10.1. The van der Waals surface area contributed by atoms with Crippen molar-refractivity contribution in [1.82, 2.24) is 0 Å². The van der Waals surface area contributed by atoms with Crippen LogP contribution < -0.4 is 14.8 Å². The first-order valence-electron chi connectivity index (χ1n) is 10.1. The van der Waals surface area contributed by atoms with Crippen LogP contribution in [0.3, 0.4) is 0 Å². The molecule has 148 valence electrons. The largest absolute Gasteiger partial charge is 0.504 e. The van der Waals surface area contributed by atoms with Crippen molar-refractivity contribution in [1.29, 1.82) is 0 Å². The molecule has 3 atom stereocenters. The molecule has 0 bridgehead atoms. The van der Waals surface area contributed by atoms with Crippen LogP contribution >= 0.6 is 0 Å². The number of fused-ring (bicyclic) bond motifs is 3. The molecule has 1 aliphatic carbocycles. The highest BCUT2D eigenvalue weighted by Gasteiger charge is 2.38. The maximum absolute atomic E-state index is 10.2. The lowest BCUT2D eigenvalue weighted by atomic mass is 9.77. The molecule has 0 fully saturated rings. The zero-order valence-electron chi connectivity index (χ0n) is 16.8. The Balaban J connectivity index is 1.60. The van der Waals surface area contributed by atoms with Crippen molar-refractivity contribution in [2.24, 2.45) is 11.8 Å². The van der Waals surface area contributed by atoms with E-state index < -0.39 is 0 Å². The first kappa shape index (κ1) is 18.7. The maximum atomic E-state index is 10.2. The number of hydrogen-bond donors (Lipinski definition) is 2. The Hall–Kier alpha value is -2.62. The molecule has 1 heterocycles. The van der Waals surface area contributed by atoms with Crippen molar-refractivity contribution in [3.63, 3.8) is 0 Å². The highest BCUT2D eigenvalue weighted by Crippen LogP contribution is 2.51. The maximum Gasteiger partial charge on any atom is 0.160 e. The molecule has 0 saturated heterocycles. The zero-order valence-corrected chi connectivity index (χ0v) is 16.8. The SMILES string of the molecule is COc1ccc(C2Nc3ccc(OCCC(C)C)cc3C3C=CCC32)cc1O. The van der Waals surface area contributed by atoms with Crippen molar-refractivity contribution in [2.45, 2.75) is 38.6 Å². The van der Waals surface area contributed by atoms with Crippen LogP contribution in [-0.4, -0.2) is 18.8 Å². The average Bonchev–Trinajstić information content (AvgIpc) is 3.17. The van der Waals surface area contributed by atoms with E-state index in [2.05, 4.69) is 43.4 Å². The van der Waals surface area contributed by atoms with Gasteiger partial charge >= 0.3 is 0 Å². The van der Waals surface area contributed by atoms with E-state index in [0.29, 0.717) is 23.5 Å². The summed E-state index contributed by atoms with van der Waals surface area (Å²) < 4.78 is 11.2. The van der Waals surface area contributed by atoms with E-state index in [4.69, 9.17) is 9.47 Å². The van der Waals surface area contributed by atoms with Gasteiger partial charge in [-0.2, -0.15) is 0 Å². The van der Waals surface area contributed by atoms with E-state index in [1.54, 1.807) is 7.11 Å². The van der Waals surface area contributed by atoms with Gasteiger partial charge in [0, 0.05) is 11.6 Å². The lowest BCUT2D eigenvalue weighted by molar-refractivity contribution is 0.289. The summed E-state index contributed by atoms with van der Waals surface area (Å²) in [5, 5.41) is 13.9. The van der Waals surface area contributed by atoms with Crippen LogP contribution in [0.4, 0.5) is 5.69 Å². The lowest BCUT2D eigenvalue weighted by Gasteiger charge is -2.37. The summed E-state index contributed by atoms with van der Waals surface area (Å²) >= 11 is 0. The van der Waals surface area contributed by atoms with Gasteiger partial charge in [-0.15, -0.1) is 0 Å². The fourth-order valence-electron chi connectivity index (χ4n) is 4.31. The molecular formula is C24H29NO3. The van der Waals surface area contributed by atoms with Crippen molar-refractivity contribution in [3.8, 4) is 17.2 Å². The fraction of sp³-hybridized carbons (Fsp3) is 0.417. The highest BCUT2D eigenvalue weighted by molar-refractivity contribution is 5.62. The minimum Gasteiger partial charge on any atom is -0.504 e. The summed E-state index contributed by atoms with van der Waals surface area (Å²) in [5.74, 6) is 3.06. The lowest BCUT2D eigenvalue weighted by Crippen LogP contribution is -2.29. The smallest absolute Gasteiger partial charge is 0.160 e. The van der Waals surface area contributed by atoms with Gasteiger partial charge in [-0.25, -0.2) is 0 Å². The number of aromatic hydroxyl groups is 1. The first-order chi connectivity index (χ1) is 13.6.